The highest BCUT2D eigenvalue weighted by molar-refractivity contribution is 6.07. The molecule has 0 bridgehead atoms. The largest absolute Gasteiger partial charge is 0.454 e. The van der Waals surface area contributed by atoms with Crippen LogP contribution in [0.4, 0.5) is 4.79 Å². The summed E-state index contributed by atoms with van der Waals surface area (Å²) < 4.78 is 10.3. The maximum Gasteiger partial charge on any atom is 0.327 e. The number of Topliss-reactive ketones (excluding diaryl/α,β-unsaturated/α-hetero) is 1. The molecule has 3 rings (SSSR count). The third-order valence-corrected chi connectivity index (χ3v) is 3.23. The lowest BCUT2D eigenvalue weighted by Crippen LogP contribution is -2.36. The second-order valence-corrected chi connectivity index (χ2v) is 4.61. The first kappa shape index (κ1) is 12.5. The van der Waals surface area contributed by atoms with Gasteiger partial charge in [0.1, 0.15) is 6.54 Å². The molecule has 2 aliphatic heterocycles. The fourth-order valence-corrected chi connectivity index (χ4v) is 2.13. The molecule has 1 aromatic carbocycles. The zero-order valence-electron chi connectivity index (χ0n) is 10.8. The molecule has 0 atom stereocenters. The number of ether oxygens (including phenoxy) is 2. The van der Waals surface area contributed by atoms with Gasteiger partial charge in [-0.15, -0.1) is 0 Å². The van der Waals surface area contributed by atoms with Crippen LogP contribution < -0.4 is 9.47 Å². The first-order valence-corrected chi connectivity index (χ1v) is 6.04. The number of hydrogen-bond donors (Lipinski definition) is 0. The predicted molar refractivity (Wildman–Crippen MR) is 66.6 cm³/mol. The zero-order chi connectivity index (χ0) is 14.3. The highest BCUT2D eigenvalue weighted by atomic mass is 16.7. The van der Waals surface area contributed by atoms with Gasteiger partial charge in [-0.2, -0.15) is 0 Å². The van der Waals surface area contributed by atoms with E-state index < -0.39 is 6.03 Å². The first-order chi connectivity index (χ1) is 9.56. The first-order valence-electron chi connectivity index (χ1n) is 6.04. The SMILES string of the molecule is CN1CC(=O)N(CC(=O)c2ccc3c(c2)OCO3)C1=O. The molecule has 0 unspecified atom stereocenters. The third-order valence-electron chi connectivity index (χ3n) is 3.23. The number of likely N-dealkylation sites (N-methyl/N-ethyl adjacent to an activating group) is 1. The van der Waals surface area contributed by atoms with Crippen LogP contribution in [0.15, 0.2) is 18.2 Å². The van der Waals surface area contributed by atoms with Gasteiger partial charge in [-0.3, -0.25) is 14.5 Å². The Bertz CT molecular complexity index is 613. The van der Waals surface area contributed by atoms with Gasteiger partial charge in [0.05, 0.1) is 6.54 Å². The monoisotopic (exact) mass is 276 g/mol. The molecule has 1 aromatic rings. The molecule has 104 valence electrons. The minimum Gasteiger partial charge on any atom is -0.454 e. The Balaban J connectivity index is 1.77. The molecule has 0 N–H and O–H groups in total. The molecule has 2 aliphatic rings. The Labute approximate surface area is 114 Å². The van der Waals surface area contributed by atoms with Crippen LogP contribution in [0.3, 0.4) is 0 Å². The molecule has 0 aromatic heterocycles. The van der Waals surface area contributed by atoms with E-state index in [0.29, 0.717) is 17.1 Å². The van der Waals surface area contributed by atoms with Crippen molar-refractivity contribution >= 4 is 17.7 Å². The number of urea groups is 1. The average molecular weight is 276 g/mol. The number of nitrogens with zero attached hydrogens (tertiary/aromatic N) is 2. The number of imide groups is 1. The van der Waals surface area contributed by atoms with Crippen molar-refractivity contribution in [3.63, 3.8) is 0 Å². The van der Waals surface area contributed by atoms with Crippen LogP contribution in [0.1, 0.15) is 10.4 Å². The van der Waals surface area contributed by atoms with Crippen LogP contribution in [0, 0.1) is 0 Å². The van der Waals surface area contributed by atoms with Crippen LogP contribution in [0.25, 0.3) is 0 Å². The quantitative estimate of drug-likeness (QED) is 0.593. The minimum atomic E-state index is -0.455. The number of carbonyl (C=O) groups is 3. The smallest absolute Gasteiger partial charge is 0.327 e. The summed E-state index contributed by atoms with van der Waals surface area (Å²) >= 11 is 0. The van der Waals surface area contributed by atoms with Gasteiger partial charge in [-0.05, 0) is 18.2 Å². The lowest BCUT2D eigenvalue weighted by atomic mass is 10.1. The molecule has 0 aliphatic carbocycles. The van der Waals surface area contributed by atoms with E-state index in [2.05, 4.69) is 0 Å². The molecule has 7 nitrogen and oxygen atoms in total. The Morgan fingerprint density at radius 3 is 2.70 bits per heavy atom. The van der Waals surface area contributed by atoms with E-state index in [1.807, 2.05) is 0 Å². The van der Waals surface area contributed by atoms with Gasteiger partial charge >= 0.3 is 6.03 Å². The number of ketones is 1. The molecule has 0 spiro atoms. The fraction of sp³-hybridized carbons (Fsp3) is 0.308. The lowest BCUT2D eigenvalue weighted by Gasteiger charge is -2.13. The molecule has 1 fully saturated rings. The molecule has 0 saturated carbocycles. The molecular weight excluding hydrogens is 264 g/mol. The van der Waals surface area contributed by atoms with Crippen molar-refractivity contribution < 1.29 is 23.9 Å². The zero-order valence-corrected chi connectivity index (χ0v) is 10.8. The van der Waals surface area contributed by atoms with E-state index in [1.165, 1.54) is 11.9 Å². The van der Waals surface area contributed by atoms with Gasteiger partial charge in [0, 0.05) is 12.6 Å². The van der Waals surface area contributed by atoms with E-state index in [1.54, 1.807) is 18.2 Å². The maximum atomic E-state index is 12.1. The third kappa shape index (κ3) is 1.97. The Morgan fingerprint density at radius 1 is 1.25 bits per heavy atom. The van der Waals surface area contributed by atoms with Crippen LogP contribution in [0.5, 0.6) is 11.5 Å². The minimum absolute atomic E-state index is 0.00719. The summed E-state index contributed by atoms with van der Waals surface area (Å²) in [7, 11) is 1.52. The Hall–Kier alpha value is -2.57. The van der Waals surface area contributed by atoms with Crippen molar-refractivity contribution in [3.8, 4) is 11.5 Å². The molecule has 7 heteroatoms. The van der Waals surface area contributed by atoms with Crippen molar-refractivity contribution in [2.24, 2.45) is 0 Å². The summed E-state index contributed by atoms with van der Waals surface area (Å²) in [6.07, 6.45) is 0. The van der Waals surface area contributed by atoms with E-state index in [9.17, 15) is 14.4 Å². The van der Waals surface area contributed by atoms with Crippen LogP contribution in [-0.2, 0) is 4.79 Å². The standard InChI is InChI=1S/C13H12N2O5/c1-14-6-12(17)15(13(14)18)5-9(16)8-2-3-10-11(4-8)20-7-19-10/h2-4H,5-7H2,1H3. The topological polar surface area (TPSA) is 76.2 Å². The van der Waals surface area contributed by atoms with E-state index >= 15 is 0 Å². The second-order valence-electron chi connectivity index (χ2n) is 4.61. The number of amides is 3. The van der Waals surface area contributed by atoms with E-state index in [4.69, 9.17) is 9.47 Å². The molecule has 2 heterocycles. The van der Waals surface area contributed by atoms with E-state index in [0.717, 1.165) is 4.90 Å². The van der Waals surface area contributed by atoms with Crippen molar-refractivity contribution in [1.82, 2.24) is 9.80 Å². The Morgan fingerprint density at radius 2 is 2.00 bits per heavy atom. The number of fused-ring (bicyclic) bond motifs is 1. The lowest BCUT2D eigenvalue weighted by molar-refractivity contribution is -0.125. The molecule has 20 heavy (non-hydrogen) atoms. The van der Waals surface area contributed by atoms with Crippen molar-refractivity contribution in [2.75, 3.05) is 26.9 Å². The van der Waals surface area contributed by atoms with Gasteiger partial charge in [0.25, 0.3) is 5.91 Å². The summed E-state index contributed by atoms with van der Waals surface area (Å²) in [4.78, 5) is 37.7. The number of carbonyl (C=O) groups excluding carboxylic acids is 3. The van der Waals surface area contributed by atoms with Crippen LogP contribution in [-0.4, -0.2) is 54.5 Å². The number of benzene rings is 1. The van der Waals surface area contributed by atoms with Gasteiger partial charge in [-0.25, -0.2) is 4.79 Å². The summed E-state index contributed by atoms with van der Waals surface area (Å²) in [5.74, 6) is 0.383. The average Bonchev–Trinajstić information content (AvgIpc) is 2.98. The Kier molecular flexibility index (Phi) is 2.81. The normalized spacial score (nSPS) is 17.1. The number of hydrogen-bond acceptors (Lipinski definition) is 5. The molecule has 0 radical (unpaired) electrons. The van der Waals surface area contributed by atoms with Gasteiger partial charge in [0.15, 0.2) is 17.3 Å². The number of rotatable bonds is 3. The fourth-order valence-electron chi connectivity index (χ4n) is 2.13. The molecular formula is C13H12N2O5. The van der Waals surface area contributed by atoms with Gasteiger partial charge in [-0.1, -0.05) is 0 Å². The van der Waals surface area contributed by atoms with Crippen molar-refractivity contribution in [1.29, 1.82) is 0 Å². The van der Waals surface area contributed by atoms with E-state index in [-0.39, 0.29) is 31.6 Å². The molecule has 1 saturated heterocycles. The second kappa shape index (κ2) is 4.52. The maximum absolute atomic E-state index is 12.1. The highest BCUT2D eigenvalue weighted by Gasteiger charge is 2.35. The highest BCUT2D eigenvalue weighted by Crippen LogP contribution is 2.32. The molecule has 3 amide bonds. The summed E-state index contributed by atoms with van der Waals surface area (Å²) in [5.41, 5.74) is 0.379. The van der Waals surface area contributed by atoms with Crippen molar-refractivity contribution in [2.45, 2.75) is 0 Å². The predicted octanol–water partition coefficient (Wildman–Crippen LogP) is 0.492. The van der Waals surface area contributed by atoms with Crippen LogP contribution in [0.2, 0.25) is 0 Å². The summed E-state index contributed by atoms with van der Waals surface area (Å²) in [5, 5.41) is 0. The summed E-state index contributed by atoms with van der Waals surface area (Å²) in [6, 6.07) is 4.32. The van der Waals surface area contributed by atoms with Crippen molar-refractivity contribution in [3.05, 3.63) is 23.8 Å². The van der Waals surface area contributed by atoms with Gasteiger partial charge in [0.2, 0.25) is 6.79 Å². The van der Waals surface area contributed by atoms with Crippen LogP contribution >= 0.6 is 0 Å². The summed E-state index contributed by atoms with van der Waals surface area (Å²) in [6.45, 7) is -0.129. The van der Waals surface area contributed by atoms with Gasteiger partial charge < -0.3 is 14.4 Å².